The molecule has 1 amide bonds. The van der Waals surface area contributed by atoms with Gasteiger partial charge in [0.1, 0.15) is 5.75 Å². The third kappa shape index (κ3) is 5.19. The summed E-state index contributed by atoms with van der Waals surface area (Å²) >= 11 is 3.36. The van der Waals surface area contributed by atoms with Crippen molar-refractivity contribution in [2.45, 2.75) is 19.3 Å². The molecule has 2 aromatic rings. The molecule has 0 bridgehead atoms. The summed E-state index contributed by atoms with van der Waals surface area (Å²) < 4.78 is 6.45. The van der Waals surface area contributed by atoms with Gasteiger partial charge in [-0.3, -0.25) is 4.79 Å². The molecule has 0 aliphatic carbocycles. The summed E-state index contributed by atoms with van der Waals surface area (Å²) in [6, 6.07) is 17.7. The Kier molecular flexibility index (Phi) is 6.46. The van der Waals surface area contributed by atoms with E-state index in [0.29, 0.717) is 18.2 Å². The number of rotatable bonds is 7. The van der Waals surface area contributed by atoms with Gasteiger partial charge in [0, 0.05) is 16.9 Å². The van der Waals surface area contributed by atoms with Crippen molar-refractivity contribution in [2.75, 3.05) is 13.2 Å². The number of hydrogen-bond acceptors (Lipinski definition) is 2. The van der Waals surface area contributed by atoms with Crippen molar-refractivity contribution in [1.29, 1.82) is 0 Å². The summed E-state index contributed by atoms with van der Waals surface area (Å²) in [6.07, 6.45) is 0.984. The number of benzene rings is 2. The number of ether oxygens (including phenoxy) is 1. The summed E-state index contributed by atoms with van der Waals surface area (Å²) in [5.74, 6) is 0.920. The van der Waals surface area contributed by atoms with E-state index in [9.17, 15) is 4.79 Å². The molecule has 116 valence electrons. The Morgan fingerprint density at radius 2 is 1.82 bits per heavy atom. The zero-order valence-electron chi connectivity index (χ0n) is 12.6. The molecule has 2 aromatic carbocycles. The van der Waals surface area contributed by atoms with Crippen LogP contribution in [0.2, 0.25) is 0 Å². The van der Waals surface area contributed by atoms with E-state index in [1.54, 1.807) is 0 Å². The maximum atomic E-state index is 11.9. The number of nitrogens with one attached hydrogen (secondary N) is 1. The van der Waals surface area contributed by atoms with Crippen LogP contribution in [0.25, 0.3) is 0 Å². The lowest BCUT2D eigenvalue weighted by atomic mass is 9.96. The van der Waals surface area contributed by atoms with E-state index in [2.05, 4.69) is 40.3 Å². The summed E-state index contributed by atoms with van der Waals surface area (Å²) in [6.45, 7) is 2.79. The molecule has 0 aliphatic heterocycles. The first kappa shape index (κ1) is 16.6. The molecule has 3 nitrogen and oxygen atoms in total. The molecule has 0 radical (unpaired) electrons. The molecule has 0 saturated carbocycles. The van der Waals surface area contributed by atoms with Gasteiger partial charge in [-0.25, -0.2) is 0 Å². The molecule has 0 heterocycles. The van der Waals surface area contributed by atoms with Gasteiger partial charge in [-0.05, 0) is 36.2 Å². The highest BCUT2D eigenvalue weighted by atomic mass is 79.9. The van der Waals surface area contributed by atoms with Crippen molar-refractivity contribution in [3.05, 3.63) is 64.6 Å². The van der Waals surface area contributed by atoms with Gasteiger partial charge in [0.15, 0.2) is 6.61 Å². The molecule has 1 atom stereocenters. The van der Waals surface area contributed by atoms with Crippen molar-refractivity contribution in [2.24, 2.45) is 0 Å². The number of halogens is 1. The van der Waals surface area contributed by atoms with E-state index >= 15 is 0 Å². The van der Waals surface area contributed by atoms with Crippen molar-refractivity contribution >= 4 is 21.8 Å². The van der Waals surface area contributed by atoms with Crippen LogP contribution >= 0.6 is 15.9 Å². The number of amides is 1. The van der Waals surface area contributed by atoms with Gasteiger partial charge in [-0.2, -0.15) is 0 Å². The second kappa shape index (κ2) is 8.59. The zero-order valence-corrected chi connectivity index (χ0v) is 14.2. The van der Waals surface area contributed by atoms with Gasteiger partial charge in [0.25, 0.3) is 5.91 Å². The largest absolute Gasteiger partial charge is 0.484 e. The van der Waals surface area contributed by atoms with Gasteiger partial charge < -0.3 is 10.1 Å². The van der Waals surface area contributed by atoms with Crippen molar-refractivity contribution in [1.82, 2.24) is 5.32 Å². The fourth-order valence-electron chi connectivity index (χ4n) is 2.19. The Morgan fingerprint density at radius 3 is 2.45 bits per heavy atom. The predicted molar refractivity (Wildman–Crippen MR) is 92.1 cm³/mol. The highest BCUT2D eigenvalue weighted by Crippen LogP contribution is 2.18. The Morgan fingerprint density at radius 1 is 1.14 bits per heavy atom. The maximum Gasteiger partial charge on any atom is 0.257 e. The lowest BCUT2D eigenvalue weighted by molar-refractivity contribution is -0.123. The highest BCUT2D eigenvalue weighted by Gasteiger charge is 2.11. The topological polar surface area (TPSA) is 38.3 Å². The van der Waals surface area contributed by atoms with Crippen LogP contribution in [-0.2, 0) is 4.79 Å². The van der Waals surface area contributed by atoms with E-state index in [1.807, 2.05) is 42.5 Å². The molecule has 0 spiro atoms. The quantitative estimate of drug-likeness (QED) is 0.804. The molecule has 0 aromatic heterocycles. The second-order valence-corrected chi connectivity index (χ2v) is 5.98. The third-order valence-corrected chi connectivity index (χ3v) is 4.02. The van der Waals surface area contributed by atoms with Crippen LogP contribution in [0.3, 0.4) is 0 Å². The molecule has 0 saturated heterocycles. The average molecular weight is 362 g/mol. The standard InChI is InChI=1S/C18H20BrNO2/c1-2-14(15-6-4-3-5-7-15)12-20-18(21)13-22-17-10-8-16(19)9-11-17/h3-11,14H,2,12-13H2,1H3,(H,20,21). The minimum atomic E-state index is -0.0997. The fraction of sp³-hybridized carbons (Fsp3) is 0.278. The SMILES string of the molecule is CCC(CNC(=O)COc1ccc(Br)cc1)c1ccccc1. The van der Waals surface area contributed by atoms with Crippen molar-refractivity contribution < 1.29 is 9.53 Å². The first-order valence-electron chi connectivity index (χ1n) is 7.39. The second-order valence-electron chi connectivity index (χ2n) is 5.06. The monoisotopic (exact) mass is 361 g/mol. The summed E-state index contributed by atoms with van der Waals surface area (Å²) in [5, 5.41) is 2.94. The van der Waals surface area contributed by atoms with Gasteiger partial charge in [-0.1, -0.05) is 53.2 Å². The molecule has 1 N–H and O–H groups in total. The van der Waals surface area contributed by atoms with Crippen LogP contribution < -0.4 is 10.1 Å². The summed E-state index contributed by atoms with van der Waals surface area (Å²) in [5.41, 5.74) is 1.25. The minimum Gasteiger partial charge on any atom is -0.484 e. The van der Waals surface area contributed by atoms with Gasteiger partial charge in [0.2, 0.25) is 0 Å². The molecular formula is C18H20BrNO2. The van der Waals surface area contributed by atoms with E-state index in [4.69, 9.17) is 4.74 Å². The molecule has 1 unspecified atom stereocenters. The van der Waals surface area contributed by atoms with E-state index < -0.39 is 0 Å². The maximum absolute atomic E-state index is 11.9. The predicted octanol–water partition coefficient (Wildman–Crippen LogP) is 4.14. The van der Waals surface area contributed by atoms with Crippen LogP contribution in [0, 0.1) is 0 Å². The molecule has 2 rings (SSSR count). The minimum absolute atomic E-state index is 0.0346. The smallest absolute Gasteiger partial charge is 0.257 e. The molecule has 4 heteroatoms. The van der Waals surface area contributed by atoms with Crippen LogP contribution in [0.4, 0.5) is 0 Å². The summed E-state index contributed by atoms with van der Waals surface area (Å²) in [7, 11) is 0. The zero-order chi connectivity index (χ0) is 15.8. The summed E-state index contributed by atoms with van der Waals surface area (Å²) in [4.78, 5) is 11.9. The lowest BCUT2D eigenvalue weighted by Crippen LogP contribution is -2.32. The Bertz CT molecular complexity index is 584. The first-order chi connectivity index (χ1) is 10.7. The third-order valence-electron chi connectivity index (χ3n) is 3.49. The van der Waals surface area contributed by atoms with Crippen LogP contribution in [0.5, 0.6) is 5.75 Å². The van der Waals surface area contributed by atoms with Crippen LogP contribution in [0.15, 0.2) is 59.1 Å². The highest BCUT2D eigenvalue weighted by molar-refractivity contribution is 9.10. The van der Waals surface area contributed by atoms with Crippen molar-refractivity contribution in [3.8, 4) is 5.75 Å². The molecular weight excluding hydrogens is 342 g/mol. The fourth-order valence-corrected chi connectivity index (χ4v) is 2.46. The normalized spacial score (nSPS) is 11.7. The molecule has 0 aliphatic rings. The van der Waals surface area contributed by atoms with Crippen molar-refractivity contribution in [3.63, 3.8) is 0 Å². The number of carbonyl (C=O) groups is 1. The Hall–Kier alpha value is -1.81. The van der Waals surface area contributed by atoms with E-state index in [0.717, 1.165) is 10.9 Å². The van der Waals surface area contributed by atoms with Gasteiger partial charge in [0.05, 0.1) is 0 Å². The molecule has 0 fully saturated rings. The lowest BCUT2D eigenvalue weighted by Gasteiger charge is -2.16. The van der Waals surface area contributed by atoms with Crippen LogP contribution in [0.1, 0.15) is 24.8 Å². The van der Waals surface area contributed by atoms with E-state index in [-0.39, 0.29) is 12.5 Å². The number of hydrogen-bond donors (Lipinski definition) is 1. The first-order valence-corrected chi connectivity index (χ1v) is 8.18. The molecule has 22 heavy (non-hydrogen) atoms. The van der Waals surface area contributed by atoms with Gasteiger partial charge in [-0.15, -0.1) is 0 Å². The number of carbonyl (C=O) groups excluding carboxylic acids is 1. The Labute approximate surface area is 139 Å². The average Bonchev–Trinajstić information content (AvgIpc) is 2.56. The van der Waals surface area contributed by atoms with Gasteiger partial charge >= 0.3 is 0 Å². The Balaban J connectivity index is 1.78. The van der Waals surface area contributed by atoms with E-state index in [1.165, 1.54) is 5.56 Å². The van der Waals surface area contributed by atoms with Crippen LogP contribution in [-0.4, -0.2) is 19.1 Å².